The first-order valence-electron chi connectivity index (χ1n) is 6.01. The number of nitrogens with two attached hydrogens (primary N) is 1. The fraction of sp³-hybridized carbons (Fsp3) is 0.538. The van der Waals surface area contributed by atoms with Crippen LogP contribution in [0, 0.1) is 5.92 Å². The van der Waals surface area contributed by atoms with Crippen molar-refractivity contribution in [3.8, 4) is 0 Å². The van der Waals surface area contributed by atoms with Crippen LogP contribution < -0.4 is 5.73 Å². The molecule has 1 atom stereocenters. The monoisotopic (exact) mass is 269 g/mol. The van der Waals surface area contributed by atoms with E-state index in [4.69, 9.17) is 17.3 Å². The maximum atomic E-state index is 12.3. The summed E-state index contributed by atoms with van der Waals surface area (Å²) in [7, 11) is 1.79. The van der Waals surface area contributed by atoms with E-state index in [9.17, 15) is 4.79 Å². The van der Waals surface area contributed by atoms with E-state index in [-0.39, 0.29) is 22.9 Å². The zero-order chi connectivity index (χ0) is 13.9. The summed E-state index contributed by atoms with van der Waals surface area (Å²) in [5, 5.41) is 0.239. The van der Waals surface area contributed by atoms with Gasteiger partial charge in [0.15, 0.2) is 0 Å². The fourth-order valence-corrected chi connectivity index (χ4v) is 2.10. The van der Waals surface area contributed by atoms with Gasteiger partial charge < -0.3 is 10.6 Å². The predicted octanol–water partition coefficient (Wildman–Crippen LogP) is 2.82. The third-order valence-electron chi connectivity index (χ3n) is 2.85. The highest BCUT2D eigenvalue weighted by atomic mass is 35.5. The molecule has 1 unspecified atom stereocenters. The molecule has 4 nitrogen and oxygen atoms in total. The van der Waals surface area contributed by atoms with Gasteiger partial charge in [-0.15, -0.1) is 0 Å². The third kappa shape index (κ3) is 3.88. The summed E-state index contributed by atoms with van der Waals surface area (Å²) in [6.45, 7) is 6.30. The van der Waals surface area contributed by atoms with Crippen LogP contribution in [0.2, 0.25) is 5.15 Å². The van der Waals surface area contributed by atoms with Crippen LogP contribution in [0.15, 0.2) is 12.1 Å². The zero-order valence-electron chi connectivity index (χ0n) is 11.3. The molecule has 0 aromatic carbocycles. The van der Waals surface area contributed by atoms with Gasteiger partial charge in [-0.25, -0.2) is 4.98 Å². The summed E-state index contributed by atoms with van der Waals surface area (Å²) in [4.78, 5) is 17.8. The van der Waals surface area contributed by atoms with Gasteiger partial charge in [0, 0.05) is 18.7 Å². The molecule has 0 saturated heterocycles. The molecule has 0 bridgehead atoms. The van der Waals surface area contributed by atoms with Crippen LogP contribution >= 0.6 is 11.6 Å². The molecule has 18 heavy (non-hydrogen) atoms. The Morgan fingerprint density at radius 3 is 2.56 bits per heavy atom. The first-order valence-corrected chi connectivity index (χ1v) is 6.39. The van der Waals surface area contributed by atoms with Crippen LogP contribution in [-0.4, -0.2) is 28.9 Å². The molecule has 1 aromatic rings. The standard InChI is InChI=1S/C13H20ClN3O/c1-8(2)5-9(3)17(4)13(18)10-6-11(14)16-12(15)7-10/h6-9H,5H2,1-4H3,(H2,15,16). The predicted molar refractivity (Wildman–Crippen MR) is 74.7 cm³/mol. The lowest BCUT2D eigenvalue weighted by Gasteiger charge is -2.26. The van der Waals surface area contributed by atoms with Gasteiger partial charge in [0.2, 0.25) is 0 Å². The van der Waals surface area contributed by atoms with E-state index in [2.05, 4.69) is 18.8 Å². The Morgan fingerprint density at radius 1 is 1.44 bits per heavy atom. The molecular weight excluding hydrogens is 250 g/mol. The highest BCUT2D eigenvalue weighted by molar-refractivity contribution is 6.29. The molecule has 0 aliphatic carbocycles. The quantitative estimate of drug-likeness (QED) is 0.855. The fourth-order valence-electron chi connectivity index (χ4n) is 1.88. The van der Waals surface area contributed by atoms with Crippen molar-refractivity contribution in [2.45, 2.75) is 33.2 Å². The lowest BCUT2D eigenvalue weighted by Crippen LogP contribution is -2.36. The van der Waals surface area contributed by atoms with E-state index in [1.165, 1.54) is 0 Å². The van der Waals surface area contributed by atoms with Gasteiger partial charge in [-0.1, -0.05) is 25.4 Å². The van der Waals surface area contributed by atoms with E-state index >= 15 is 0 Å². The van der Waals surface area contributed by atoms with Gasteiger partial charge in [0.1, 0.15) is 11.0 Å². The van der Waals surface area contributed by atoms with Crippen molar-refractivity contribution in [2.24, 2.45) is 5.92 Å². The van der Waals surface area contributed by atoms with E-state index in [0.717, 1.165) is 6.42 Å². The molecule has 1 amide bonds. The molecule has 0 fully saturated rings. The van der Waals surface area contributed by atoms with E-state index in [1.54, 1.807) is 24.1 Å². The summed E-state index contributed by atoms with van der Waals surface area (Å²) in [5.41, 5.74) is 6.07. The Balaban J connectivity index is 2.86. The van der Waals surface area contributed by atoms with Crippen molar-refractivity contribution < 1.29 is 4.79 Å². The SMILES string of the molecule is CC(C)CC(C)N(C)C(=O)c1cc(N)nc(Cl)c1. The molecule has 100 valence electrons. The van der Waals surface area contributed by atoms with E-state index in [0.29, 0.717) is 11.5 Å². The number of anilines is 1. The van der Waals surface area contributed by atoms with Crippen LogP contribution in [0.4, 0.5) is 5.82 Å². The molecule has 2 N–H and O–H groups in total. The Bertz CT molecular complexity index is 414. The summed E-state index contributed by atoms with van der Waals surface area (Å²) in [5.74, 6) is 0.719. The second-order valence-corrected chi connectivity index (χ2v) is 5.39. The summed E-state index contributed by atoms with van der Waals surface area (Å²) < 4.78 is 0. The zero-order valence-corrected chi connectivity index (χ0v) is 12.0. The minimum absolute atomic E-state index is 0.0841. The molecule has 0 saturated carbocycles. The van der Waals surface area contributed by atoms with Crippen molar-refractivity contribution in [1.82, 2.24) is 9.88 Å². The topological polar surface area (TPSA) is 59.2 Å². The number of carbonyl (C=O) groups excluding carboxylic acids is 1. The molecule has 1 rings (SSSR count). The number of carbonyl (C=O) groups is 1. The normalized spacial score (nSPS) is 12.6. The van der Waals surface area contributed by atoms with Crippen molar-refractivity contribution in [2.75, 3.05) is 12.8 Å². The Morgan fingerprint density at radius 2 is 2.06 bits per heavy atom. The smallest absolute Gasteiger partial charge is 0.254 e. The minimum atomic E-state index is -0.0841. The van der Waals surface area contributed by atoms with E-state index < -0.39 is 0 Å². The Hall–Kier alpha value is -1.29. The summed E-state index contributed by atoms with van der Waals surface area (Å²) in [6, 6.07) is 3.26. The van der Waals surface area contributed by atoms with Gasteiger partial charge in [-0.05, 0) is 31.4 Å². The largest absolute Gasteiger partial charge is 0.384 e. The molecule has 1 aromatic heterocycles. The summed E-state index contributed by atoms with van der Waals surface area (Å²) in [6.07, 6.45) is 0.955. The van der Waals surface area contributed by atoms with Crippen LogP contribution in [0.1, 0.15) is 37.6 Å². The van der Waals surface area contributed by atoms with Gasteiger partial charge >= 0.3 is 0 Å². The molecule has 0 aliphatic rings. The van der Waals surface area contributed by atoms with Crippen LogP contribution in [-0.2, 0) is 0 Å². The summed E-state index contributed by atoms with van der Waals surface area (Å²) >= 11 is 5.80. The van der Waals surface area contributed by atoms with Gasteiger partial charge in [-0.2, -0.15) is 0 Å². The number of nitrogens with zero attached hydrogens (tertiary/aromatic N) is 2. The molecule has 0 spiro atoms. The molecule has 0 radical (unpaired) electrons. The highest BCUT2D eigenvalue weighted by Crippen LogP contribution is 2.17. The average molecular weight is 270 g/mol. The lowest BCUT2D eigenvalue weighted by atomic mass is 10.0. The Kier molecular flexibility index (Phi) is 4.96. The second kappa shape index (κ2) is 6.05. The number of aromatic nitrogens is 1. The number of nitrogen functional groups attached to an aromatic ring is 1. The average Bonchev–Trinajstić information content (AvgIpc) is 2.24. The van der Waals surface area contributed by atoms with Crippen molar-refractivity contribution in [1.29, 1.82) is 0 Å². The number of pyridine rings is 1. The van der Waals surface area contributed by atoms with Gasteiger partial charge in [0.05, 0.1) is 0 Å². The number of amides is 1. The first-order chi connectivity index (χ1) is 8.31. The molecule has 5 heteroatoms. The first kappa shape index (κ1) is 14.8. The lowest BCUT2D eigenvalue weighted by molar-refractivity contribution is 0.0728. The molecular formula is C13H20ClN3O. The van der Waals surface area contributed by atoms with Crippen molar-refractivity contribution in [3.05, 3.63) is 22.8 Å². The third-order valence-corrected chi connectivity index (χ3v) is 3.05. The van der Waals surface area contributed by atoms with Crippen LogP contribution in [0.3, 0.4) is 0 Å². The van der Waals surface area contributed by atoms with Gasteiger partial charge in [0.25, 0.3) is 5.91 Å². The van der Waals surface area contributed by atoms with Crippen molar-refractivity contribution >= 4 is 23.3 Å². The number of hydrogen-bond acceptors (Lipinski definition) is 3. The van der Waals surface area contributed by atoms with Crippen LogP contribution in [0.25, 0.3) is 0 Å². The second-order valence-electron chi connectivity index (χ2n) is 5.00. The van der Waals surface area contributed by atoms with Crippen molar-refractivity contribution in [3.63, 3.8) is 0 Å². The minimum Gasteiger partial charge on any atom is -0.384 e. The number of rotatable bonds is 4. The Labute approximate surface area is 113 Å². The van der Waals surface area contributed by atoms with Crippen LogP contribution in [0.5, 0.6) is 0 Å². The van der Waals surface area contributed by atoms with Gasteiger partial charge in [-0.3, -0.25) is 4.79 Å². The number of halogens is 1. The van der Waals surface area contributed by atoms with E-state index in [1.807, 2.05) is 6.92 Å². The maximum absolute atomic E-state index is 12.3. The number of hydrogen-bond donors (Lipinski definition) is 1. The maximum Gasteiger partial charge on any atom is 0.254 e. The molecule has 0 aliphatic heterocycles. The molecule has 1 heterocycles. The highest BCUT2D eigenvalue weighted by Gasteiger charge is 2.19.